The van der Waals surface area contributed by atoms with E-state index in [0.29, 0.717) is 5.56 Å². The summed E-state index contributed by atoms with van der Waals surface area (Å²) in [5, 5.41) is 41.4. The molecule has 3 aromatic rings. The van der Waals surface area contributed by atoms with Crippen LogP contribution in [0.2, 0.25) is 0 Å². The molecule has 0 aromatic heterocycles. The predicted octanol–water partition coefficient (Wildman–Crippen LogP) is 3.26. The molecule has 6 N–H and O–H groups in total. The van der Waals surface area contributed by atoms with Gasteiger partial charge in [-0.15, -0.1) is 0 Å². The van der Waals surface area contributed by atoms with E-state index >= 15 is 4.79 Å². The first-order valence-electron chi connectivity index (χ1n) is 20.9. The van der Waals surface area contributed by atoms with Crippen molar-refractivity contribution in [2.24, 2.45) is 16.7 Å². The van der Waals surface area contributed by atoms with Crippen LogP contribution in [0.1, 0.15) is 79.8 Å². The number of carbonyl (C=O) groups excluding carboxylic acids is 5. The number of hydrogen-bond acceptors (Lipinski definition) is 15. The molecule has 11 atom stereocenters. The van der Waals surface area contributed by atoms with Gasteiger partial charge in [-0.1, -0.05) is 80.6 Å². The molecular formula is C46H52Ac2NO17P. The number of amides is 1. The molecule has 18 nitrogen and oxygen atoms in total. The van der Waals surface area contributed by atoms with Crippen LogP contribution in [-0.4, -0.2) is 116 Å². The molecule has 1 aliphatic heterocycles. The molecule has 1 saturated heterocycles. The number of phosphoric ester groups is 1. The minimum Gasteiger partial charge on any atom is -0.455 e. The third-order valence-corrected chi connectivity index (χ3v) is 14.1. The number of fused-ring (bicyclic) bond motifs is 5. The number of Topliss-reactive ketones (excluding diaryl/α,β-unsaturated/α-hetero) is 1. The molecule has 21 heteroatoms. The minimum atomic E-state index is -5.10. The molecule has 3 aliphatic carbocycles. The SMILES string of the molecule is CC(=O)OC(C(=O)OC1CC2(O)C(OC(=O)c3ccccc3)C3[C@]4(O)COC4CC(OCOP(=O)(O)O)[C@@]3(C)C(=O)C(O)C(=C1C)C2(C)C)C(NC(=O)c1ccccc1)c1ccccc1.[Ac].[Ac]. The summed E-state index contributed by atoms with van der Waals surface area (Å²) in [7, 11) is -5.10. The van der Waals surface area contributed by atoms with Gasteiger partial charge in [-0.05, 0) is 54.8 Å². The topological polar surface area (TPSA) is 271 Å². The van der Waals surface area contributed by atoms with Crippen LogP contribution in [-0.2, 0) is 47.2 Å². The van der Waals surface area contributed by atoms with Crippen molar-refractivity contribution < 1.29 is 170 Å². The number of aliphatic hydroxyl groups excluding tert-OH is 1. The average molecular weight is 1380 g/mol. The fraction of sp³-hybridized carbons (Fsp3) is 0.457. The quantitative estimate of drug-likeness (QED) is 0.0471. The zero-order valence-corrected chi connectivity index (χ0v) is 47.7. The number of ether oxygens (including phenoxy) is 5. The standard InChI is InChI=1S/C46H52NO17P.2Ac/c1-25-30(63-42(53)36(62-26(2)48)34(27-15-9-6-10-16-27)47-40(51)28-17-11-7-12-18-28)22-46(55)39(64-41(52)29-19-13-8-14-20-29)37-44(5,38(50)35(49)33(25)43(46,3)4)31(60-24-61-65(56,57)58)21-32-45(37,54)23-59-32;;/h6-20,30-32,34-37,39,49,54-55H,21-24H2,1-5H3,(H,47,51)(H2,56,57,58);;/t30?,31?,32?,34?,35?,36?,37?,39?,44-,45+,46?;;/m1../s1. The molecule has 2 radical (unpaired) electrons. The summed E-state index contributed by atoms with van der Waals surface area (Å²) in [6.07, 6.45) is -10.9. The number of benzene rings is 3. The predicted molar refractivity (Wildman–Crippen MR) is 225 cm³/mol. The Morgan fingerprint density at radius 2 is 1.45 bits per heavy atom. The van der Waals surface area contributed by atoms with E-state index in [2.05, 4.69) is 9.84 Å². The number of nitrogens with one attached hydrogen (secondary N) is 1. The Bertz CT molecular complexity index is 2400. The summed E-state index contributed by atoms with van der Waals surface area (Å²) in [6, 6.07) is 22.6. The van der Waals surface area contributed by atoms with Crippen molar-refractivity contribution in [3.8, 4) is 0 Å². The zero-order chi connectivity index (χ0) is 47.3. The van der Waals surface area contributed by atoms with Gasteiger partial charge in [0.25, 0.3) is 5.91 Å². The average Bonchev–Trinajstić information content (AvgIpc) is 3.26. The molecule has 0 spiro atoms. The van der Waals surface area contributed by atoms with E-state index in [1.807, 2.05) is 0 Å². The second kappa shape index (κ2) is 21.6. The van der Waals surface area contributed by atoms with E-state index in [9.17, 15) is 48.8 Å². The number of phosphoric acid groups is 1. The van der Waals surface area contributed by atoms with E-state index in [1.165, 1.54) is 39.8 Å². The summed E-state index contributed by atoms with van der Waals surface area (Å²) in [4.78, 5) is 89.4. The fourth-order valence-electron chi connectivity index (χ4n) is 10.2. The second-order valence-electron chi connectivity index (χ2n) is 17.7. The number of carbonyl (C=O) groups is 5. The van der Waals surface area contributed by atoms with Crippen LogP contribution in [0.3, 0.4) is 0 Å². The third-order valence-electron chi connectivity index (χ3n) is 13.6. The van der Waals surface area contributed by atoms with Gasteiger partial charge in [0.1, 0.15) is 35.6 Å². The number of aliphatic hydroxyl groups is 3. The molecular weight excluding hydrogens is 1320 g/mol. The Balaban J connectivity index is 0.00000420. The largest absolute Gasteiger partial charge is 0.471 e. The van der Waals surface area contributed by atoms with Crippen molar-refractivity contribution in [3.05, 3.63) is 119 Å². The third kappa shape index (κ3) is 10.7. The maximum Gasteiger partial charge on any atom is 0.471 e. The summed E-state index contributed by atoms with van der Waals surface area (Å²) in [5.74, 6) is -6.39. The fourth-order valence-corrected chi connectivity index (χ4v) is 10.4. The van der Waals surface area contributed by atoms with Crippen LogP contribution < -0.4 is 5.32 Å². The second-order valence-corrected chi connectivity index (χ2v) is 18.9. The Morgan fingerprint density at radius 3 is 1.99 bits per heavy atom. The van der Waals surface area contributed by atoms with Crippen molar-refractivity contribution >= 4 is 37.4 Å². The van der Waals surface area contributed by atoms with Gasteiger partial charge in [0.05, 0.1) is 29.8 Å². The van der Waals surface area contributed by atoms with Gasteiger partial charge in [0, 0.05) is 125 Å². The molecule has 354 valence electrons. The van der Waals surface area contributed by atoms with Crippen molar-refractivity contribution in [1.82, 2.24) is 5.32 Å². The van der Waals surface area contributed by atoms with Gasteiger partial charge in [-0.2, -0.15) is 0 Å². The molecule has 3 aromatic carbocycles. The Labute approximate surface area is 458 Å². The van der Waals surface area contributed by atoms with E-state index in [0.717, 1.165) is 6.92 Å². The number of esters is 3. The molecule has 7 rings (SSSR count). The first-order chi connectivity index (χ1) is 30.5. The van der Waals surface area contributed by atoms with Gasteiger partial charge in [0.15, 0.2) is 12.6 Å². The molecule has 1 amide bonds. The van der Waals surface area contributed by atoms with Crippen molar-refractivity contribution in [1.29, 1.82) is 0 Å². The van der Waals surface area contributed by atoms with Gasteiger partial charge in [0.2, 0.25) is 6.10 Å². The van der Waals surface area contributed by atoms with Gasteiger partial charge < -0.3 is 54.1 Å². The van der Waals surface area contributed by atoms with Crippen LogP contribution in [0.25, 0.3) is 0 Å². The summed E-state index contributed by atoms with van der Waals surface area (Å²) >= 11 is 0. The summed E-state index contributed by atoms with van der Waals surface area (Å²) in [5.41, 5.74) is -7.79. The Morgan fingerprint density at radius 1 is 0.881 bits per heavy atom. The van der Waals surface area contributed by atoms with Gasteiger partial charge in [-0.25, -0.2) is 14.2 Å². The monoisotopic (exact) mass is 1380 g/mol. The van der Waals surface area contributed by atoms with Crippen LogP contribution in [0.5, 0.6) is 0 Å². The van der Waals surface area contributed by atoms with E-state index in [4.69, 9.17) is 23.7 Å². The summed E-state index contributed by atoms with van der Waals surface area (Å²) in [6.45, 7) is 5.39. The van der Waals surface area contributed by atoms with Crippen LogP contribution in [0.15, 0.2) is 102 Å². The van der Waals surface area contributed by atoms with Crippen LogP contribution in [0, 0.1) is 105 Å². The normalized spacial score (nSPS) is 30.4. The zero-order valence-electron chi connectivity index (χ0n) is 37.3. The van der Waals surface area contributed by atoms with Crippen molar-refractivity contribution in [3.63, 3.8) is 0 Å². The molecule has 2 bridgehead atoms. The molecule has 3 fully saturated rings. The van der Waals surface area contributed by atoms with E-state index in [-0.39, 0.29) is 117 Å². The van der Waals surface area contributed by atoms with Crippen LogP contribution >= 0.6 is 7.82 Å². The molecule has 67 heavy (non-hydrogen) atoms. The molecule has 1 heterocycles. The minimum absolute atomic E-state index is 0. The smallest absolute Gasteiger partial charge is 0.455 e. The first-order valence-corrected chi connectivity index (χ1v) is 22.4. The molecule has 2 saturated carbocycles. The number of hydrogen-bond donors (Lipinski definition) is 6. The van der Waals surface area contributed by atoms with E-state index in [1.54, 1.807) is 78.9 Å². The van der Waals surface area contributed by atoms with Crippen molar-refractivity contribution in [2.45, 2.75) is 101 Å². The Hall–Kier alpha value is -2.26. The number of rotatable bonds is 13. The summed E-state index contributed by atoms with van der Waals surface area (Å²) < 4.78 is 46.0. The van der Waals surface area contributed by atoms with Gasteiger partial charge >= 0.3 is 25.7 Å². The molecule has 4 aliphatic rings. The first kappa shape index (κ1) is 55.7. The molecule has 9 unspecified atom stereocenters. The van der Waals surface area contributed by atoms with Crippen LogP contribution in [0.4, 0.5) is 0 Å². The Kier molecular flexibility index (Phi) is 18.0. The number of ketones is 1. The van der Waals surface area contributed by atoms with E-state index < -0.39 is 128 Å². The maximum absolute atomic E-state index is 15.3. The van der Waals surface area contributed by atoms with Gasteiger partial charge in [-0.3, -0.25) is 18.9 Å². The maximum atomic E-state index is 15.3. The van der Waals surface area contributed by atoms with Crippen molar-refractivity contribution in [2.75, 3.05) is 13.4 Å².